The second-order valence-corrected chi connectivity index (χ2v) is 5.04. The third kappa shape index (κ3) is 7.25. The van der Waals surface area contributed by atoms with Gasteiger partial charge in [-0.1, -0.05) is 12.7 Å². The third-order valence-electron chi connectivity index (χ3n) is 2.04. The monoisotopic (exact) mass is 283 g/mol. The molecule has 0 saturated heterocycles. The first kappa shape index (κ1) is 17.8. The van der Waals surface area contributed by atoms with Gasteiger partial charge in [0.15, 0.2) is 6.04 Å². The van der Waals surface area contributed by atoms with Gasteiger partial charge in [0.25, 0.3) is 0 Å². The quantitative estimate of drug-likeness (QED) is 0.532. The van der Waals surface area contributed by atoms with Gasteiger partial charge in [-0.15, -0.1) is 0 Å². The molecule has 0 aliphatic heterocycles. The number of carboxylic acids is 1. The van der Waals surface area contributed by atoms with Crippen LogP contribution >= 0.6 is 0 Å². The van der Waals surface area contributed by atoms with Crippen molar-refractivity contribution in [3.8, 4) is 0 Å². The molecule has 20 heavy (non-hydrogen) atoms. The first-order valence-electron chi connectivity index (χ1n) is 6.01. The van der Waals surface area contributed by atoms with Crippen molar-refractivity contribution in [2.45, 2.75) is 39.3 Å². The number of hydrogen-bond acceptors (Lipinski definition) is 4. The molecule has 1 atom stereocenters. The first-order valence-corrected chi connectivity index (χ1v) is 6.01. The molecule has 6 nitrogen and oxygen atoms in total. The summed E-state index contributed by atoms with van der Waals surface area (Å²) in [4.78, 5) is 22.7. The Morgan fingerprint density at radius 1 is 1.25 bits per heavy atom. The van der Waals surface area contributed by atoms with Gasteiger partial charge < -0.3 is 20.3 Å². The largest absolute Gasteiger partial charge is 0.508 e. The minimum absolute atomic E-state index is 0.0347. The second-order valence-electron chi connectivity index (χ2n) is 5.04. The van der Waals surface area contributed by atoms with Crippen LogP contribution in [0.5, 0.6) is 0 Å². The Morgan fingerprint density at radius 3 is 2.20 bits per heavy atom. The summed E-state index contributed by atoms with van der Waals surface area (Å²) in [6.07, 6.45) is 3.18. The number of allylic oxidation sites excluding steroid dienone is 2. The number of alkyl carbamates (subject to hydrolysis) is 1. The number of aliphatic carboxylic acids is 1. The van der Waals surface area contributed by atoms with Crippen LogP contribution in [0, 0.1) is 0 Å². The molecule has 0 aromatic carbocycles. The topological polar surface area (TPSA) is 95.9 Å². The number of aliphatic hydroxyl groups is 1. The average molecular weight is 283 g/mol. The molecule has 0 aliphatic carbocycles. The minimum atomic E-state index is -1.33. The summed E-state index contributed by atoms with van der Waals surface area (Å²) < 4.78 is 4.98. The SMILES string of the molecule is C=C(/C=C\C(O)=C/C)[C@H](NC(=O)OC(C)(C)C)C(=O)O. The van der Waals surface area contributed by atoms with Gasteiger partial charge in [-0.05, 0) is 45.4 Å². The van der Waals surface area contributed by atoms with E-state index in [0.717, 1.165) is 0 Å². The summed E-state index contributed by atoms with van der Waals surface area (Å²) in [6, 6.07) is -1.33. The van der Waals surface area contributed by atoms with Crippen LogP contribution in [0.25, 0.3) is 0 Å². The van der Waals surface area contributed by atoms with E-state index in [4.69, 9.17) is 9.84 Å². The molecule has 0 aromatic rings. The Bertz CT molecular complexity index is 443. The maximum absolute atomic E-state index is 11.5. The van der Waals surface area contributed by atoms with Crippen molar-refractivity contribution >= 4 is 12.1 Å². The number of amides is 1. The number of hydrogen-bond donors (Lipinski definition) is 3. The highest BCUT2D eigenvalue weighted by atomic mass is 16.6. The first-order chi connectivity index (χ1) is 9.06. The Labute approximate surface area is 118 Å². The van der Waals surface area contributed by atoms with E-state index in [1.807, 2.05) is 0 Å². The van der Waals surface area contributed by atoms with E-state index in [0.29, 0.717) is 0 Å². The van der Waals surface area contributed by atoms with Crippen LogP contribution in [-0.4, -0.2) is 33.9 Å². The van der Waals surface area contributed by atoms with Gasteiger partial charge in [0.05, 0.1) is 0 Å². The number of carbonyl (C=O) groups excluding carboxylic acids is 1. The normalized spacial score (nSPS) is 13.9. The van der Waals surface area contributed by atoms with Gasteiger partial charge in [0.1, 0.15) is 11.4 Å². The second kappa shape index (κ2) is 7.37. The van der Waals surface area contributed by atoms with Gasteiger partial charge in [0, 0.05) is 0 Å². The molecule has 0 fully saturated rings. The van der Waals surface area contributed by atoms with E-state index in [-0.39, 0.29) is 11.3 Å². The van der Waals surface area contributed by atoms with Crippen LogP contribution in [0.4, 0.5) is 4.79 Å². The highest BCUT2D eigenvalue weighted by Gasteiger charge is 2.25. The van der Waals surface area contributed by atoms with Crippen molar-refractivity contribution in [1.29, 1.82) is 0 Å². The fourth-order valence-corrected chi connectivity index (χ4v) is 1.12. The highest BCUT2D eigenvalue weighted by molar-refractivity contribution is 5.83. The lowest BCUT2D eigenvalue weighted by atomic mass is 10.1. The van der Waals surface area contributed by atoms with E-state index >= 15 is 0 Å². The van der Waals surface area contributed by atoms with Crippen LogP contribution in [0.15, 0.2) is 36.1 Å². The third-order valence-corrected chi connectivity index (χ3v) is 2.04. The van der Waals surface area contributed by atoms with Gasteiger partial charge >= 0.3 is 12.1 Å². The molecule has 0 spiro atoms. The zero-order valence-corrected chi connectivity index (χ0v) is 12.1. The maximum atomic E-state index is 11.5. The molecular weight excluding hydrogens is 262 g/mol. The van der Waals surface area contributed by atoms with Gasteiger partial charge in [0.2, 0.25) is 0 Å². The zero-order valence-electron chi connectivity index (χ0n) is 12.1. The predicted octanol–water partition coefficient (Wildman–Crippen LogP) is 2.54. The smallest absolute Gasteiger partial charge is 0.408 e. The standard InChI is InChI=1S/C14H21NO5/c1-6-10(16)8-7-9(2)11(12(17)18)15-13(19)20-14(3,4)5/h6-8,11,16H,2H2,1,3-5H3,(H,15,19)(H,17,18)/b8-7-,10-6+/t11-/m0/s1. The summed E-state index contributed by atoms with van der Waals surface area (Å²) in [5.41, 5.74) is -0.621. The summed E-state index contributed by atoms with van der Waals surface area (Å²) in [5, 5.41) is 20.5. The Balaban J connectivity index is 4.83. The van der Waals surface area contributed by atoms with Crippen molar-refractivity contribution in [1.82, 2.24) is 5.32 Å². The fraction of sp³-hybridized carbons (Fsp3) is 0.429. The Morgan fingerprint density at radius 2 is 1.80 bits per heavy atom. The van der Waals surface area contributed by atoms with Crippen LogP contribution < -0.4 is 5.32 Å². The predicted molar refractivity (Wildman–Crippen MR) is 75.5 cm³/mol. The van der Waals surface area contributed by atoms with E-state index in [1.165, 1.54) is 18.2 Å². The molecule has 0 bridgehead atoms. The number of rotatable bonds is 5. The van der Waals surface area contributed by atoms with E-state index < -0.39 is 23.7 Å². The molecule has 0 rings (SSSR count). The zero-order chi connectivity index (χ0) is 15.9. The van der Waals surface area contributed by atoms with Crippen molar-refractivity contribution in [3.63, 3.8) is 0 Å². The van der Waals surface area contributed by atoms with E-state index in [9.17, 15) is 14.7 Å². The number of nitrogens with one attached hydrogen (secondary N) is 1. The van der Waals surface area contributed by atoms with Crippen LogP contribution in [0.1, 0.15) is 27.7 Å². The molecular formula is C14H21NO5. The molecule has 6 heteroatoms. The molecule has 0 heterocycles. The van der Waals surface area contributed by atoms with Crippen molar-refractivity contribution in [3.05, 3.63) is 36.1 Å². The van der Waals surface area contributed by atoms with Gasteiger partial charge in [-0.25, -0.2) is 9.59 Å². The maximum Gasteiger partial charge on any atom is 0.408 e. The molecule has 3 N–H and O–H groups in total. The summed E-state index contributed by atoms with van der Waals surface area (Å²) >= 11 is 0. The van der Waals surface area contributed by atoms with Gasteiger partial charge in [-0.2, -0.15) is 0 Å². The lowest BCUT2D eigenvalue weighted by Gasteiger charge is -2.22. The molecule has 112 valence electrons. The molecule has 0 saturated carbocycles. The lowest BCUT2D eigenvalue weighted by molar-refractivity contribution is -0.138. The lowest BCUT2D eigenvalue weighted by Crippen LogP contribution is -2.44. The molecule has 1 amide bonds. The number of carbonyl (C=O) groups is 2. The molecule has 0 unspecified atom stereocenters. The highest BCUT2D eigenvalue weighted by Crippen LogP contribution is 2.09. The summed E-state index contributed by atoms with van der Waals surface area (Å²) in [7, 11) is 0. The average Bonchev–Trinajstić information content (AvgIpc) is 2.29. The summed E-state index contributed by atoms with van der Waals surface area (Å²) in [5.74, 6) is -1.31. The van der Waals surface area contributed by atoms with Crippen molar-refractivity contribution in [2.75, 3.05) is 0 Å². The number of aliphatic hydroxyl groups excluding tert-OH is 1. The molecule has 0 radical (unpaired) electrons. The van der Waals surface area contributed by atoms with Crippen molar-refractivity contribution < 1.29 is 24.5 Å². The molecule has 0 aliphatic rings. The van der Waals surface area contributed by atoms with E-state index in [1.54, 1.807) is 27.7 Å². The van der Waals surface area contributed by atoms with Gasteiger partial charge in [-0.3, -0.25) is 0 Å². The Hall–Kier alpha value is -2.24. The van der Waals surface area contributed by atoms with Crippen LogP contribution in [-0.2, 0) is 9.53 Å². The van der Waals surface area contributed by atoms with Crippen LogP contribution in [0.3, 0.4) is 0 Å². The minimum Gasteiger partial charge on any atom is -0.508 e. The van der Waals surface area contributed by atoms with Crippen LogP contribution in [0.2, 0.25) is 0 Å². The fourth-order valence-electron chi connectivity index (χ4n) is 1.12. The number of ether oxygens (including phenoxy) is 1. The van der Waals surface area contributed by atoms with Crippen molar-refractivity contribution in [2.24, 2.45) is 0 Å². The number of carboxylic acid groups (broad SMARTS) is 1. The Kier molecular flexibility index (Phi) is 6.55. The molecule has 0 aromatic heterocycles. The van der Waals surface area contributed by atoms with E-state index in [2.05, 4.69) is 11.9 Å². The summed E-state index contributed by atoms with van der Waals surface area (Å²) in [6.45, 7) is 10.2.